The van der Waals surface area contributed by atoms with E-state index in [1.807, 2.05) is 18.2 Å². The zero-order valence-electron chi connectivity index (χ0n) is 8.97. The van der Waals surface area contributed by atoms with Crippen molar-refractivity contribution in [3.05, 3.63) is 54.1 Å². The molecule has 0 aliphatic carbocycles. The Morgan fingerprint density at radius 1 is 1.12 bits per heavy atom. The summed E-state index contributed by atoms with van der Waals surface area (Å²) in [7, 11) is 0. The van der Waals surface area contributed by atoms with E-state index in [0.29, 0.717) is 16.1 Å². The molecule has 2 aromatic rings. The molecule has 0 bridgehead atoms. The number of carbonyl (C=O) groups excluding carboxylic acids is 1. The third kappa shape index (κ3) is 2.79. The van der Waals surface area contributed by atoms with E-state index in [1.165, 1.54) is 12.1 Å². The Bertz CT molecular complexity index is 540. The summed E-state index contributed by atoms with van der Waals surface area (Å²) in [6.07, 6.45) is 0. The number of rotatable bonds is 2. The first-order valence-electron chi connectivity index (χ1n) is 5.08. The van der Waals surface area contributed by atoms with Gasteiger partial charge >= 0.3 is 0 Å². The summed E-state index contributed by atoms with van der Waals surface area (Å²) < 4.78 is 0. The lowest BCUT2D eigenvalue weighted by Crippen LogP contribution is -2.12. The Morgan fingerprint density at radius 2 is 1.82 bits per heavy atom. The standard InChI is InChI=1S/C13H11NO2S/c15-10-6-7-12(17)11(8-10)13(16)14-9-4-2-1-3-5-9/h1-8,15,17H,(H,14,16)/p+1. The molecule has 2 rings (SSSR count). The van der Waals surface area contributed by atoms with Gasteiger partial charge in [0.05, 0.1) is 5.56 Å². The van der Waals surface area contributed by atoms with E-state index in [9.17, 15) is 9.90 Å². The average molecular weight is 246 g/mol. The highest BCUT2D eigenvalue weighted by molar-refractivity contribution is 7.58. The van der Waals surface area contributed by atoms with Crippen molar-refractivity contribution >= 4 is 24.2 Å². The molecule has 17 heavy (non-hydrogen) atoms. The van der Waals surface area contributed by atoms with Crippen molar-refractivity contribution in [2.24, 2.45) is 0 Å². The summed E-state index contributed by atoms with van der Waals surface area (Å²) in [5.74, 6) is -0.206. The van der Waals surface area contributed by atoms with Crippen molar-refractivity contribution in [2.75, 3.05) is 5.32 Å². The number of hydrogen-bond donors (Lipinski definition) is 2. The summed E-state index contributed by atoms with van der Waals surface area (Å²) in [5.41, 5.74) is 1.11. The van der Waals surface area contributed by atoms with Gasteiger partial charge in [-0.15, -0.1) is 0 Å². The predicted octanol–water partition coefficient (Wildman–Crippen LogP) is 2.01. The molecule has 2 N–H and O–H groups in total. The molecule has 0 saturated heterocycles. The molecule has 3 nitrogen and oxygen atoms in total. The number of hydrogen-bond acceptors (Lipinski definition) is 2. The largest absolute Gasteiger partial charge is 0.508 e. The number of benzene rings is 2. The third-order valence-corrected chi connectivity index (χ3v) is 2.72. The zero-order valence-corrected chi connectivity index (χ0v) is 9.97. The van der Waals surface area contributed by atoms with Crippen LogP contribution >= 0.6 is 0 Å². The lowest BCUT2D eigenvalue weighted by atomic mass is 10.2. The average Bonchev–Trinajstić information content (AvgIpc) is 2.33. The van der Waals surface area contributed by atoms with E-state index in [2.05, 4.69) is 17.9 Å². The van der Waals surface area contributed by atoms with Gasteiger partial charge in [0.1, 0.15) is 5.75 Å². The highest BCUT2D eigenvalue weighted by Crippen LogP contribution is 2.18. The van der Waals surface area contributed by atoms with Crippen LogP contribution in [0.15, 0.2) is 53.4 Å². The molecular formula is C13H12NO2S+. The van der Waals surface area contributed by atoms with E-state index >= 15 is 0 Å². The van der Waals surface area contributed by atoms with Gasteiger partial charge in [-0.25, -0.2) is 0 Å². The second kappa shape index (κ2) is 4.93. The Labute approximate surface area is 105 Å². The van der Waals surface area contributed by atoms with E-state index in [4.69, 9.17) is 0 Å². The molecule has 0 aliphatic rings. The Morgan fingerprint density at radius 3 is 2.53 bits per heavy atom. The van der Waals surface area contributed by atoms with Gasteiger partial charge in [0.25, 0.3) is 5.91 Å². The lowest BCUT2D eigenvalue weighted by Gasteiger charge is -2.05. The molecule has 86 valence electrons. The number of phenols is 1. The Hall–Kier alpha value is -1.94. The third-order valence-electron chi connectivity index (χ3n) is 2.28. The Kier molecular flexibility index (Phi) is 3.35. The maximum Gasteiger partial charge on any atom is 0.260 e. The number of nitrogens with one attached hydrogen (secondary N) is 1. The summed E-state index contributed by atoms with van der Waals surface area (Å²) in [6, 6.07) is 13.7. The first-order valence-corrected chi connectivity index (χ1v) is 5.58. The van der Waals surface area contributed by atoms with Crippen LogP contribution in [0, 0.1) is 0 Å². The normalized spacial score (nSPS) is 9.94. The van der Waals surface area contributed by atoms with Gasteiger partial charge in [0.15, 0.2) is 4.90 Å². The minimum absolute atomic E-state index is 0.0604. The number of carbonyl (C=O) groups is 1. The fourth-order valence-electron chi connectivity index (χ4n) is 1.44. The summed E-state index contributed by atoms with van der Waals surface area (Å²) in [6.45, 7) is 0. The van der Waals surface area contributed by atoms with Crippen LogP contribution in [-0.4, -0.2) is 11.0 Å². The van der Waals surface area contributed by atoms with Gasteiger partial charge in [-0.05, 0) is 43.0 Å². The molecule has 2 aromatic carbocycles. The second-order valence-corrected chi connectivity index (χ2v) is 4.09. The molecule has 0 unspecified atom stereocenters. The zero-order chi connectivity index (χ0) is 12.3. The number of aromatic hydroxyl groups is 1. The van der Waals surface area contributed by atoms with E-state index < -0.39 is 0 Å². The van der Waals surface area contributed by atoms with E-state index in [0.717, 1.165) is 0 Å². The number of phenolic OH excluding ortho intramolecular Hbond substituents is 1. The van der Waals surface area contributed by atoms with Gasteiger partial charge in [0.2, 0.25) is 0 Å². The van der Waals surface area contributed by atoms with Gasteiger partial charge in [-0.3, -0.25) is 4.79 Å². The SMILES string of the molecule is O=C(Nc1ccccc1)c1cc(O)ccc1[SH2+]. The van der Waals surface area contributed by atoms with Crippen LogP contribution in [0.2, 0.25) is 0 Å². The van der Waals surface area contributed by atoms with Gasteiger partial charge < -0.3 is 10.4 Å². The monoisotopic (exact) mass is 246 g/mol. The molecule has 0 heterocycles. The fraction of sp³-hybridized carbons (Fsp3) is 0. The van der Waals surface area contributed by atoms with Crippen molar-refractivity contribution in [1.82, 2.24) is 0 Å². The molecule has 0 aromatic heterocycles. The summed E-state index contributed by atoms with van der Waals surface area (Å²) in [4.78, 5) is 12.6. The maximum atomic E-state index is 11.9. The van der Waals surface area contributed by atoms with Gasteiger partial charge in [-0.1, -0.05) is 18.2 Å². The number of anilines is 1. The quantitative estimate of drug-likeness (QED) is 0.796. The van der Waals surface area contributed by atoms with E-state index in [-0.39, 0.29) is 11.7 Å². The number of amides is 1. The molecule has 0 atom stereocenters. The fourth-order valence-corrected chi connectivity index (χ4v) is 1.71. The van der Waals surface area contributed by atoms with Crippen molar-refractivity contribution in [1.29, 1.82) is 0 Å². The van der Waals surface area contributed by atoms with Crippen LogP contribution in [0.3, 0.4) is 0 Å². The lowest BCUT2D eigenvalue weighted by molar-refractivity contribution is 0.102. The minimum Gasteiger partial charge on any atom is -0.508 e. The highest BCUT2D eigenvalue weighted by Gasteiger charge is 2.13. The van der Waals surface area contributed by atoms with Crippen LogP contribution in [0.1, 0.15) is 10.4 Å². The second-order valence-electron chi connectivity index (χ2n) is 3.55. The van der Waals surface area contributed by atoms with Crippen LogP contribution in [0.5, 0.6) is 5.75 Å². The topological polar surface area (TPSA) is 49.3 Å². The van der Waals surface area contributed by atoms with Crippen molar-refractivity contribution < 1.29 is 9.90 Å². The summed E-state index contributed by atoms with van der Waals surface area (Å²) in [5, 5.41) is 12.1. The van der Waals surface area contributed by atoms with Gasteiger partial charge in [0, 0.05) is 5.69 Å². The first kappa shape index (κ1) is 11.5. The molecule has 0 fully saturated rings. The summed E-state index contributed by atoms with van der Waals surface area (Å²) >= 11 is 3.33. The van der Waals surface area contributed by atoms with Crippen molar-refractivity contribution in [2.45, 2.75) is 4.90 Å². The smallest absolute Gasteiger partial charge is 0.260 e. The molecule has 0 radical (unpaired) electrons. The van der Waals surface area contributed by atoms with Crippen LogP contribution in [0.4, 0.5) is 5.69 Å². The molecule has 0 saturated carbocycles. The maximum absolute atomic E-state index is 11.9. The van der Waals surface area contributed by atoms with Crippen molar-refractivity contribution in [3.63, 3.8) is 0 Å². The minimum atomic E-state index is -0.267. The molecule has 1 amide bonds. The van der Waals surface area contributed by atoms with Crippen molar-refractivity contribution in [3.8, 4) is 5.75 Å². The van der Waals surface area contributed by atoms with Crippen LogP contribution in [0.25, 0.3) is 0 Å². The van der Waals surface area contributed by atoms with Crippen LogP contribution in [-0.2, 0) is 12.6 Å². The molecule has 0 spiro atoms. The molecule has 4 heteroatoms. The highest BCUT2D eigenvalue weighted by atomic mass is 32.1. The molecular weight excluding hydrogens is 234 g/mol. The predicted molar refractivity (Wildman–Crippen MR) is 70.9 cm³/mol. The van der Waals surface area contributed by atoms with E-state index in [1.54, 1.807) is 18.2 Å². The molecule has 0 aliphatic heterocycles. The van der Waals surface area contributed by atoms with Crippen LogP contribution < -0.4 is 5.32 Å². The first-order chi connectivity index (χ1) is 8.16. The Balaban J connectivity index is 2.23. The van der Waals surface area contributed by atoms with Gasteiger partial charge in [-0.2, -0.15) is 0 Å². The number of para-hydroxylation sites is 1.